The van der Waals surface area contributed by atoms with Gasteiger partial charge in [-0.2, -0.15) is 0 Å². The summed E-state index contributed by atoms with van der Waals surface area (Å²) >= 11 is 1.62. The number of pyridine rings is 2. The summed E-state index contributed by atoms with van der Waals surface area (Å²) in [7, 11) is 2.17. The summed E-state index contributed by atoms with van der Waals surface area (Å²) < 4.78 is 2.23. The van der Waals surface area contributed by atoms with Gasteiger partial charge in [0.15, 0.2) is 11.0 Å². The third-order valence-electron chi connectivity index (χ3n) is 5.73. The molecule has 0 radical (unpaired) electrons. The molecule has 8 heteroatoms. The molecule has 7 nitrogen and oxygen atoms in total. The van der Waals surface area contributed by atoms with Crippen LogP contribution in [0, 0.1) is 0 Å². The minimum Gasteiger partial charge on any atom is -0.382 e. The molecule has 3 aromatic heterocycles. The molecule has 1 fully saturated rings. The summed E-state index contributed by atoms with van der Waals surface area (Å²) in [4.78, 5) is 18.8. The molecule has 2 N–H and O–H groups in total. The van der Waals surface area contributed by atoms with Crippen LogP contribution in [0.1, 0.15) is 5.56 Å². The van der Waals surface area contributed by atoms with E-state index in [4.69, 9.17) is 15.7 Å². The molecule has 30 heavy (non-hydrogen) atoms. The first kappa shape index (κ1) is 19.1. The van der Waals surface area contributed by atoms with E-state index in [0.29, 0.717) is 12.4 Å². The molecule has 0 unspecified atom stereocenters. The molecular formula is C22H25N7S. The molecule has 0 bridgehead atoms. The average Bonchev–Trinajstić information content (AvgIpc) is 3.14. The Morgan fingerprint density at radius 1 is 1.03 bits per heavy atom. The van der Waals surface area contributed by atoms with E-state index < -0.39 is 0 Å². The summed E-state index contributed by atoms with van der Waals surface area (Å²) in [6, 6.07) is 12.4. The highest BCUT2D eigenvalue weighted by atomic mass is 32.2. The number of imidazole rings is 1. The molecule has 4 aromatic rings. The predicted molar refractivity (Wildman–Crippen MR) is 124 cm³/mol. The molecule has 0 atom stereocenters. The molecule has 1 aromatic carbocycles. The van der Waals surface area contributed by atoms with Gasteiger partial charge in [0.1, 0.15) is 11.3 Å². The number of benzene rings is 1. The second kappa shape index (κ2) is 7.77. The summed E-state index contributed by atoms with van der Waals surface area (Å²) in [5.41, 5.74) is 10.1. The highest BCUT2D eigenvalue weighted by molar-refractivity contribution is 7.98. The van der Waals surface area contributed by atoms with E-state index in [1.807, 2.05) is 30.7 Å². The smallest absolute Gasteiger partial charge is 0.169 e. The van der Waals surface area contributed by atoms with Crippen LogP contribution < -0.4 is 10.6 Å². The molecule has 0 spiro atoms. The van der Waals surface area contributed by atoms with Crippen molar-refractivity contribution in [3.05, 3.63) is 48.2 Å². The van der Waals surface area contributed by atoms with Crippen molar-refractivity contribution in [2.24, 2.45) is 0 Å². The maximum absolute atomic E-state index is 6.25. The Morgan fingerprint density at radius 2 is 1.83 bits per heavy atom. The van der Waals surface area contributed by atoms with Crippen molar-refractivity contribution >= 4 is 45.3 Å². The topological polar surface area (TPSA) is 76.1 Å². The molecule has 1 saturated heterocycles. The number of nitrogen functional groups attached to an aromatic ring is 1. The zero-order valence-electron chi connectivity index (χ0n) is 17.2. The van der Waals surface area contributed by atoms with E-state index in [0.717, 1.165) is 64.7 Å². The number of thioether (sulfide) groups is 1. The van der Waals surface area contributed by atoms with Crippen molar-refractivity contribution in [3.63, 3.8) is 0 Å². The Balaban J connectivity index is 1.52. The summed E-state index contributed by atoms with van der Waals surface area (Å²) in [6.45, 7) is 4.87. The molecular weight excluding hydrogens is 394 g/mol. The average molecular weight is 420 g/mol. The molecule has 1 aliphatic heterocycles. The van der Waals surface area contributed by atoms with E-state index in [9.17, 15) is 0 Å². The van der Waals surface area contributed by atoms with Crippen molar-refractivity contribution in [1.82, 2.24) is 24.4 Å². The summed E-state index contributed by atoms with van der Waals surface area (Å²) in [5.74, 6) is 1.52. The molecule has 5 rings (SSSR count). The van der Waals surface area contributed by atoms with Gasteiger partial charge in [0, 0.05) is 37.8 Å². The van der Waals surface area contributed by atoms with Gasteiger partial charge in [-0.05, 0) is 31.0 Å². The monoisotopic (exact) mass is 419 g/mol. The quantitative estimate of drug-likeness (QED) is 0.510. The molecule has 154 valence electrons. The Kier molecular flexibility index (Phi) is 4.96. The Labute approximate surface area is 179 Å². The van der Waals surface area contributed by atoms with Crippen molar-refractivity contribution in [1.29, 1.82) is 0 Å². The minimum absolute atomic E-state index is 0.473. The number of piperazine rings is 1. The number of rotatable bonds is 4. The van der Waals surface area contributed by atoms with Gasteiger partial charge in [-0.3, -0.25) is 0 Å². The van der Waals surface area contributed by atoms with Gasteiger partial charge in [-0.1, -0.05) is 36.0 Å². The zero-order valence-corrected chi connectivity index (χ0v) is 18.1. The van der Waals surface area contributed by atoms with Crippen molar-refractivity contribution in [2.45, 2.75) is 11.7 Å². The van der Waals surface area contributed by atoms with Crippen LogP contribution in [0.15, 0.2) is 47.8 Å². The van der Waals surface area contributed by atoms with Crippen molar-refractivity contribution in [3.8, 4) is 0 Å². The summed E-state index contributed by atoms with van der Waals surface area (Å²) in [5, 5.41) is 1.99. The third-order valence-corrected chi connectivity index (χ3v) is 6.41. The Hall–Kier alpha value is -2.84. The van der Waals surface area contributed by atoms with Crippen LogP contribution in [0.3, 0.4) is 0 Å². The first-order chi connectivity index (χ1) is 14.6. The third kappa shape index (κ3) is 3.36. The number of para-hydroxylation sites is 1. The SMILES string of the molecule is CSc1nc2c(N)nc3ccccc3c2n1Cc1ccc(N2CCN(C)CC2)nc1. The molecule has 0 amide bonds. The first-order valence-corrected chi connectivity index (χ1v) is 11.3. The zero-order chi connectivity index (χ0) is 20.7. The van der Waals surface area contributed by atoms with Crippen LogP contribution in [-0.2, 0) is 6.54 Å². The van der Waals surface area contributed by atoms with E-state index in [1.54, 1.807) is 11.8 Å². The predicted octanol–water partition coefficient (Wildman–Crippen LogP) is 3.08. The minimum atomic E-state index is 0.473. The van der Waals surface area contributed by atoms with Gasteiger partial charge in [0.2, 0.25) is 0 Å². The lowest BCUT2D eigenvalue weighted by Gasteiger charge is -2.33. The standard InChI is InChI=1S/C22H25N7S/c1-27-9-11-28(12-10-27)18-8-7-15(13-24-18)14-29-20-16-5-3-4-6-17(16)25-21(23)19(20)26-22(29)30-2/h3-8,13H,9-12,14H2,1-2H3,(H2,23,25). The van der Waals surface area contributed by atoms with Crippen molar-refractivity contribution < 1.29 is 0 Å². The normalized spacial score (nSPS) is 15.3. The lowest BCUT2D eigenvalue weighted by molar-refractivity contribution is 0.312. The first-order valence-electron chi connectivity index (χ1n) is 10.1. The van der Waals surface area contributed by atoms with Gasteiger partial charge in [0.05, 0.1) is 17.6 Å². The van der Waals surface area contributed by atoms with Gasteiger partial charge >= 0.3 is 0 Å². The number of aromatic nitrogens is 4. The lowest BCUT2D eigenvalue weighted by Crippen LogP contribution is -2.44. The molecule has 1 aliphatic rings. The fourth-order valence-electron chi connectivity index (χ4n) is 4.06. The molecule has 4 heterocycles. The van der Waals surface area contributed by atoms with Crippen molar-refractivity contribution in [2.75, 3.05) is 50.1 Å². The fourth-order valence-corrected chi connectivity index (χ4v) is 4.61. The summed E-state index contributed by atoms with van der Waals surface area (Å²) in [6.07, 6.45) is 4.02. The number of likely N-dealkylation sites (N-methyl/N-ethyl adjacent to an activating group) is 1. The second-order valence-corrected chi connectivity index (χ2v) is 8.48. The van der Waals surface area contributed by atoms with Crippen LogP contribution in [0.25, 0.3) is 21.9 Å². The Bertz CT molecular complexity index is 1190. The van der Waals surface area contributed by atoms with Crippen LogP contribution in [0.5, 0.6) is 0 Å². The highest BCUT2D eigenvalue weighted by Gasteiger charge is 2.18. The lowest BCUT2D eigenvalue weighted by atomic mass is 10.2. The number of hydrogen-bond donors (Lipinski definition) is 1. The largest absolute Gasteiger partial charge is 0.382 e. The van der Waals surface area contributed by atoms with E-state index >= 15 is 0 Å². The van der Waals surface area contributed by atoms with Crippen LogP contribution in [0.4, 0.5) is 11.6 Å². The van der Waals surface area contributed by atoms with Gasteiger partial charge in [-0.25, -0.2) is 15.0 Å². The second-order valence-electron chi connectivity index (χ2n) is 7.71. The van der Waals surface area contributed by atoms with Crippen LogP contribution >= 0.6 is 11.8 Å². The molecule has 0 saturated carbocycles. The van der Waals surface area contributed by atoms with Gasteiger partial charge < -0.3 is 20.1 Å². The van der Waals surface area contributed by atoms with E-state index in [-0.39, 0.29) is 0 Å². The number of nitrogens with zero attached hydrogens (tertiary/aromatic N) is 6. The molecule has 0 aliphatic carbocycles. The van der Waals surface area contributed by atoms with Crippen LogP contribution in [-0.4, -0.2) is 63.9 Å². The maximum atomic E-state index is 6.25. The number of anilines is 2. The maximum Gasteiger partial charge on any atom is 0.169 e. The van der Waals surface area contributed by atoms with E-state index in [1.165, 1.54) is 0 Å². The van der Waals surface area contributed by atoms with Gasteiger partial charge in [0.25, 0.3) is 0 Å². The number of nitrogens with two attached hydrogens (primary N) is 1. The van der Waals surface area contributed by atoms with E-state index in [2.05, 4.69) is 44.6 Å². The fraction of sp³-hybridized carbons (Fsp3) is 0.318. The number of fused-ring (bicyclic) bond motifs is 3. The highest BCUT2D eigenvalue weighted by Crippen LogP contribution is 2.32. The van der Waals surface area contributed by atoms with Crippen LogP contribution in [0.2, 0.25) is 0 Å². The number of hydrogen-bond acceptors (Lipinski definition) is 7. The Morgan fingerprint density at radius 3 is 2.57 bits per heavy atom. The van der Waals surface area contributed by atoms with Gasteiger partial charge in [-0.15, -0.1) is 0 Å².